The zero-order valence-corrected chi connectivity index (χ0v) is 18.4. The average molecular weight is 421 g/mol. The molecule has 9 heteroatoms. The highest BCUT2D eigenvalue weighted by Gasteiger charge is 2.34. The minimum absolute atomic E-state index is 0.0787. The highest BCUT2D eigenvalue weighted by Crippen LogP contribution is 2.26. The van der Waals surface area contributed by atoms with E-state index in [2.05, 4.69) is 5.10 Å². The molecule has 1 aromatic carbocycles. The fraction of sp³-hybridized carbons (Fsp3) is 0.500. The molecule has 2 aromatic rings. The van der Waals surface area contributed by atoms with Crippen molar-refractivity contribution in [3.05, 3.63) is 41.2 Å². The van der Waals surface area contributed by atoms with Gasteiger partial charge in [-0.1, -0.05) is 6.07 Å². The van der Waals surface area contributed by atoms with Crippen LogP contribution < -0.4 is 4.74 Å². The van der Waals surface area contributed by atoms with E-state index in [-0.39, 0.29) is 29.9 Å². The SMILES string of the molecule is COc1cccc(C(=O)N2CCN(S(=O)(=O)c3c(C)nn(C(C)C)c3C)CC2)c1. The van der Waals surface area contributed by atoms with Gasteiger partial charge in [0.15, 0.2) is 0 Å². The molecule has 2 heterocycles. The third-order valence-electron chi connectivity index (χ3n) is 5.19. The summed E-state index contributed by atoms with van der Waals surface area (Å²) in [4.78, 5) is 14.7. The van der Waals surface area contributed by atoms with E-state index in [1.54, 1.807) is 54.8 Å². The van der Waals surface area contributed by atoms with E-state index >= 15 is 0 Å². The first-order valence-corrected chi connectivity index (χ1v) is 11.1. The number of aromatic nitrogens is 2. The topological polar surface area (TPSA) is 84.7 Å². The number of hydrogen-bond acceptors (Lipinski definition) is 5. The fourth-order valence-electron chi connectivity index (χ4n) is 3.72. The number of methoxy groups -OCH3 is 1. The first-order chi connectivity index (χ1) is 13.7. The van der Waals surface area contributed by atoms with Crippen LogP contribution in [0.5, 0.6) is 5.75 Å². The lowest BCUT2D eigenvalue weighted by molar-refractivity contribution is 0.0697. The van der Waals surface area contributed by atoms with Gasteiger partial charge in [0, 0.05) is 37.8 Å². The molecule has 0 saturated carbocycles. The first-order valence-electron chi connectivity index (χ1n) is 9.66. The predicted molar refractivity (Wildman–Crippen MR) is 110 cm³/mol. The molecule has 1 aromatic heterocycles. The monoisotopic (exact) mass is 420 g/mol. The molecule has 1 aliphatic rings. The van der Waals surface area contributed by atoms with Crippen molar-refractivity contribution in [2.45, 2.75) is 38.6 Å². The second-order valence-electron chi connectivity index (χ2n) is 7.47. The highest BCUT2D eigenvalue weighted by atomic mass is 32.2. The second kappa shape index (κ2) is 8.16. The van der Waals surface area contributed by atoms with E-state index in [1.165, 1.54) is 4.31 Å². The lowest BCUT2D eigenvalue weighted by atomic mass is 10.1. The van der Waals surface area contributed by atoms with E-state index < -0.39 is 10.0 Å². The number of sulfonamides is 1. The van der Waals surface area contributed by atoms with Gasteiger partial charge in [0.1, 0.15) is 10.6 Å². The first kappa shape index (κ1) is 21.3. The van der Waals surface area contributed by atoms with E-state index in [0.29, 0.717) is 35.8 Å². The van der Waals surface area contributed by atoms with Crippen molar-refractivity contribution in [3.63, 3.8) is 0 Å². The van der Waals surface area contributed by atoms with Crippen molar-refractivity contribution >= 4 is 15.9 Å². The van der Waals surface area contributed by atoms with Crippen LogP contribution in [0.2, 0.25) is 0 Å². The van der Waals surface area contributed by atoms with Crippen LogP contribution in [0.15, 0.2) is 29.2 Å². The smallest absolute Gasteiger partial charge is 0.254 e. The van der Waals surface area contributed by atoms with Crippen LogP contribution in [0.1, 0.15) is 41.6 Å². The van der Waals surface area contributed by atoms with Gasteiger partial charge in [0.25, 0.3) is 5.91 Å². The molecule has 158 valence electrons. The fourth-order valence-corrected chi connectivity index (χ4v) is 5.51. The molecular weight excluding hydrogens is 392 g/mol. The molecule has 0 radical (unpaired) electrons. The molecule has 0 N–H and O–H groups in total. The molecule has 29 heavy (non-hydrogen) atoms. The van der Waals surface area contributed by atoms with E-state index in [4.69, 9.17) is 4.74 Å². The summed E-state index contributed by atoms with van der Waals surface area (Å²) in [5.74, 6) is 0.492. The molecule has 0 unspecified atom stereocenters. The number of carbonyl (C=O) groups excluding carboxylic acids is 1. The summed E-state index contributed by atoms with van der Waals surface area (Å²) in [5, 5.41) is 4.40. The number of nitrogens with zero attached hydrogens (tertiary/aromatic N) is 4. The Hall–Kier alpha value is -2.39. The highest BCUT2D eigenvalue weighted by molar-refractivity contribution is 7.89. The van der Waals surface area contributed by atoms with Gasteiger partial charge in [-0.3, -0.25) is 9.48 Å². The normalized spacial score (nSPS) is 15.7. The van der Waals surface area contributed by atoms with Crippen LogP contribution in [-0.4, -0.2) is 66.6 Å². The van der Waals surface area contributed by atoms with Gasteiger partial charge < -0.3 is 9.64 Å². The van der Waals surface area contributed by atoms with Gasteiger partial charge in [-0.2, -0.15) is 9.40 Å². The molecule has 0 atom stereocenters. The molecule has 3 rings (SSSR count). The molecule has 1 saturated heterocycles. The van der Waals surface area contributed by atoms with Gasteiger partial charge in [-0.15, -0.1) is 0 Å². The van der Waals surface area contributed by atoms with Crippen molar-refractivity contribution in [3.8, 4) is 5.75 Å². The Morgan fingerprint density at radius 3 is 2.34 bits per heavy atom. The number of aryl methyl sites for hydroxylation is 1. The standard InChI is InChI=1S/C20H28N4O4S/c1-14(2)24-16(4)19(15(3)21-24)29(26,27)23-11-9-22(10-12-23)20(25)17-7-6-8-18(13-17)28-5/h6-8,13-14H,9-12H2,1-5H3. The lowest BCUT2D eigenvalue weighted by Gasteiger charge is -2.34. The number of hydrogen-bond donors (Lipinski definition) is 0. The summed E-state index contributed by atoms with van der Waals surface area (Å²) in [6.07, 6.45) is 0. The molecule has 1 fully saturated rings. The zero-order valence-electron chi connectivity index (χ0n) is 17.5. The summed E-state index contributed by atoms with van der Waals surface area (Å²) in [6.45, 7) is 8.64. The number of carbonyl (C=O) groups is 1. The van der Waals surface area contributed by atoms with Gasteiger partial charge in [-0.25, -0.2) is 8.42 Å². The molecule has 1 amide bonds. The number of rotatable bonds is 5. The summed E-state index contributed by atoms with van der Waals surface area (Å²) in [6, 6.07) is 7.06. The van der Waals surface area contributed by atoms with E-state index in [9.17, 15) is 13.2 Å². The van der Waals surface area contributed by atoms with Crippen LogP contribution in [0.3, 0.4) is 0 Å². The molecule has 1 aliphatic heterocycles. The second-order valence-corrected chi connectivity index (χ2v) is 9.34. The Bertz CT molecular complexity index is 1010. The third-order valence-corrected chi connectivity index (χ3v) is 7.34. The maximum atomic E-state index is 13.2. The third kappa shape index (κ3) is 4.02. The van der Waals surface area contributed by atoms with Crippen molar-refractivity contribution in [1.29, 1.82) is 0 Å². The molecule has 0 spiro atoms. The van der Waals surface area contributed by atoms with E-state index in [0.717, 1.165) is 0 Å². The molecule has 0 aliphatic carbocycles. The molecular formula is C20H28N4O4S. The number of piperazine rings is 1. The molecule has 8 nitrogen and oxygen atoms in total. The van der Waals surface area contributed by atoms with Crippen molar-refractivity contribution < 1.29 is 17.9 Å². The maximum Gasteiger partial charge on any atom is 0.254 e. The predicted octanol–water partition coefficient (Wildman–Crippen LogP) is 2.24. The van der Waals surface area contributed by atoms with Gasteiger partial charge >= 0.3 is 0 Å². The Morgan fingerprint density at radius 2 is 1.79 bits per heavy atom. The summed E-state index contributed by atoms with van der Waals surface area (Å²) in [5.41, 5.74) is 1.68. The Kier molecular flexibility index (Phi) is 6.00. The van der Waals surface area contributed by atoms with Crippen molar-refractivity contribution in [2.75, 3.05) is 33.3 Å². The maximum absolute atomic E-state index is 13.2. The minimum atomic E-state index is -3.67. The van der Waals surface area contributed by atoms with Gasteiger partial charge in [0.05, 0.1) is 18.5 Å². The minimum Gasteiger partial charge on any atom is -0.497 e. The largest absolute Gasteiger partial charge is 0.497 e. The molecule has 0 bridgehead atoms. The Morgan fingerprint density at radius 1 is 1.14 bits per heavy atom. The quantitative estimate of drug-likeness (QED) is 0.741. The number of ether oxygens (including phenoxy) is 1. The lowest BCUT2D eigenvalue weighted by Crippen LogP contribution is -2.50. The van der Waals surface area contributed by atoms with Gasteiger partial charge in [-0.05, 0) is 45.9 Å². The zero-order chi connectivity index (χ0) is 21.3. The number of amides is 1. The Balaban J connectivity index is 1.76. The van der Waals surface area contributed by atoms with Crippen molar-refractivity contribution in [2.24, 2.45) is 0 Å². The summed E-state index contributed by atoms with van der Waals surface area (Å²) < 4.78 is 34.9. The summed E-state index contributed by atoms with van der Waals surface area (Å²) in [7, 11) is -2.11. The Labute approximate surface area is 172 Å². The number of benzene rings is 1. The van der Waals surface area contributed by atoms with Crippen molar-refractivity contribution in [1.82, 2.24) is 19.0 Å². The van der Waals surface area contributed by atoms with Crippen LogP contribution in [0.25, 0.3) is 0 Å². The van der Waals surface area contributed by atoms with Crippen LogP contribution >= 0.6 is 0 Å². The average Bonchev–Trinajstić information content (AvgIpc) is 3.02. The van der Waals surface area contributed by atoms with E-state index in [1.807, 2.05) is 13.8 Å². The van der Waals surface area contributed by atoms with Crippen LogP contribution in [-0.2, 0) is 10.0 Å². The summed E-state index contributed by atoms with van der Waals surface area (Å²) >= 11 is 0. The van der Waals surface area contributed by atoms with Gasteiger partial charge in [0.2, 0.25) is 10.0 Å². The van der Waals surface area contributed by atoms with Crippen LogP contribution in [0.4, 0.5) is 0 Å². The van der Waals surface area contributed by atoms with Crippen LogP contribution in [0, 0.1) is 13.8 Å².